The predicted octanol–water partition coefficient (Wildman–Crippen LogP) is 5.06. The zero-order valence-electron chi connectivity index (χ0n) is 24.8. The first-order valence-corrected chi connectivity index (χ1v) is 15.3. The molecule has 0 aliphatic carbocycles. The van der Waals surface area contributed by atoms with Crippen molar-refractivity contribution in [3.05, 3.63) is 107 Å². The second kappa shape index (κ2) is 13.1. The molecular formula is C34H31ClN6O5. The summed E-state index contributed by atoms with van der Waals surface area (Å²) in [4.78, 5) is 32.4. The maximum atomic E-state index is 14.3. The number of carbonyl (C=O) groups excluding carboxylic acids is 2. The van der Waals surface area contributed by atoms with Crippen LogP contribution in [0.5, 0.6) is 11.5 Å². The maximum absolute atomic E-state index is 14.3. The Bertz CT molecular complexity index is 1860. The summed E-state index contributed by atoms with van der Waals surface area (Å²) in [6.45, 7) is 3.05. The van der Waals surface area contributed by atoms with Crippen molar-refractivity contribution in [2.24, 2.45) is 0 Å². The van der Waals surface area contributed by atoms with Crippen LogP contribution in [-0.4, -0.2) is 64.8 Å². The number of ether oxygens (including phenoxy) is 3. The SMILES string of the molecule is O=C(Nc1ccc(N2CCOCC2)cc1)C(c1ccc2c(c1)OCO2)N(Cc1ccc(Cl)cc1)C(=O)Cn1nnc2ccccc21. The summed E-state index contributed by atoms with van der Waals surface area (Å²) in [7, 11) is 0. The van der Waals surface area contributed by atoms with Gasteiger partial charge in [-0.05, 0) is 71.8 Å². The molecule has 11 nitrogen and oxygen atoms in total. The van der Waals surface area contributed by atoms with Crippen LogP contribution in [0.3, 0.4) is 0 Å². The van der Waals surface area contributed by atoms with Crippen LogP contribution >= 0.6 is 11.6 Å². The van der Waals surface area contributed by atoms with Gasteiger partial charge in [0.15, 0.2) is 11.5 Å². The molecule has 234 valence electrons. The van der Waals surface area contributed by atoms with Gasteiger partial charge in [-0.3, -0.25) is 9.59 Å². The fraction of sp³-hybridized carbons (Fsp3) is 0.235. The lowest BCUT2D eigenvalue weighted by Crippen LogP contribution is -2.42. The van der Waals surface area contributed by atoms with E-state index in [-0.39, 0.29) is 31.7 Å². The molecule has 1 fully saturated rings. The molecule has 1 saturated heterocycles. The number of morpholine rings is 1. The van der Waals surface area contributed by atoms with Crippen LogP contribution in [0.2, 0.25) is 5.02 Å². The number of amides is 2. The van der Waals surface area contributed by atoms with E-state index < -0.39 is 6.04 Å². The highest BCUT2D eigenvalue weighted by atomic mass is 35.5. The highest BCUT2D eigenvalue weighted by Gasteiger charge is 2.33. The Labute approximate surface area is 270 Å². The van der Waals surface area contributed by atoms with E-state index in [1.807, 2.05) is 60.7 Å². The third-order valence-electron chi connectivity index (χ3n) is 8.08. The van der Waals surface area contributed by atoms with Crippen LogP contribution in [0.25, 0.3) is 11.0 Å². The molecule has 0 radical (unpaired) electrons. The number of halogens is 1. The van der Waals surface area contributed by atoms with Crippen LogP contribution < -0.4 is 19.7 Å². The molecule has 2 aliphatic heterocycles. The first kappa shape index (κ1) is 29.6. The van der Waals surface area contributed by atoms with E-state index >= 15 is 0 Å². The normalized spacial score (nSPS) is 14.7. The largest absolute Gasteiger partial charge is 0.454 e. The number of nitrogens with one attached hydrogen (secondary N) is 1. The molecule has 1 aromatic heterocycles. The third-order valence-corrected chi connectivity index (χ3v) is 8.33. The highest BCUT2D eigenvalue weighted by molar-refractivity contribution is 6.30. The van der Waals surface area contributed by atoms with Gasteiger partial charge in [-0.25, -0.2) is 4.68 Å². The minimum atomic E-state index is -1.04. The molecule has 1 N–H and O–H groups in total. The molecule has 2 amide bonds. The highest BCUT2D eigenvalue weighted by Crippen LogP contribution is 2.37. The standard InChI is InChI=1S/C34H31ClN6O5/c35-25-8-5-23(6-9-25)20-40(32(42)21-41-29-4-2-1-3-28(29)37-38-41)33(24-7-14-30-31(19-24)46-22-45-30)34(43)36-26-10-12-27(13-11-26)39-15-17-44-18-16-39/h1-14,19,33H,15-18,20-22H2,(H,36,43). The molecule has 2 aliphatic rings. The second-order valence-electron chi connectivity index (χ2n) is 11.0. The van der Waals surface area contributed by atoms with Gasteiger partial charge in [0.25, 0.3) is 5.91 Å². The van der Waals surface area contributed by atoms with Gasteiger partial charge in [0.1, 0.15) is 18.1 Å². The van der Waals surface area contributed by atoms with E-state index in [0.29, 0.717) is 52.0 Å². The summed E-state index contributed by atoms with van der Waals surface area (Å²) < 4.78 is 18.2. The van der Waals surface area contributed by atoms with Crippen molar-refractivity contribution >= 4 is 45.8 Å². The zero-order valence-corrected chi connectivity index (χ0v) is 25.6. The smallest absolute Gasteiger partial charge is 0.251 e. The second-order valence-corrected chi connectivity index (χ2v) is 11.5. The number of para-hydroxylation sites is 1. The number of hydrogen-bond donors (Lipinski definition) is 1. The summed E-state index contributed by atoms with van der Waals surface area (Å²) in [5.74, 6) is 0.368. The van der Waals surface area contributed by atoms with Gasteiger partial charge >= 0.3 is 0 Å². The number of rotatable bonds is 9. The van der Waals surface area contributed by atoms with E-state index in [0.717, 1.165) is 24.3 Å². The first-order chi connectivity index (χ1) is 22.5. The number of nitrogens with zero attached hydrogens (tertiary/aromatic N) is 5. The number of anilines is 2. The van der Waals surface area contributed by atoms with Crippen molar-refractivity contribution in [2.75, 3.05) is 43.3 Å². The van der Waals surface area contributed by atoms with Crippen LogP contribution in [0.15, 0.2) is 91.0 Å². The van der Waals surface area contributed by atoms with Gasteiger partial charge in [0, 0.05) is 36.0 Å². The van der Waals surface area contributed by atoms with Crippen molar-refractivity contribution in [1.29, 1.82) is 0 Å². The van der Waals surface area contributed by atoms with Gasteiger partial charge in [-0.15, -0.1) is 5.10 Å². The van der Waals surface area contributed by atoms with Crippen molar-refractivity contribution in [1.82, 2.24) is 19.9 Å². The van der Waals surface area contributed by atoms with Gasteiger partial charge in [0.05, 0.1) is 18.7 Å². The number of benzene rings is 4. The lowest BCUT2D eigenvalue weighted by Gasteiger charge is -2.32. The average molecular weight is 639 g/mol. The Kier molecular flexibility index (Phi) is 8.41. The lowest BCUT2D eigenvalue weighted by atomic mass is 10.0. The Balaban J connectivity index is 1.24. The number of aromatic nitrogens is 3. The molecule has 3 heterocycles. The topological polar surface area (TPSA) is 111 Å². The average Bonchev–Trinajstić information content (AvgIpc) is 3.73. The molecule has 1 atom stereocenters. The lowest BCUT2D eigenvalue weighted by molar-refractivity contribution is -0.140. The quantitative estimate of drug-likeness (QED) is 0.239. The molecule has 0 bridgehead atoms. The van der Waals surface area contributed by atoms with Gasteiger partial charge in [0.2, 0.25) is 12.7 Å². The van der Waals surface area contributed by atoms with Crippen molar-refractivity contribution in [3.8, 4) is 11.5 Å². The predicted molar refractivity (Wildman–Crippen MR) is 173 cm³/mol. The molecule has 5 aromatic rings. The fourth-order valence-corrected chi connectivity index (χ4v) is 5.83. The van der Waals surface area contributed by atoms with E-state index in [9.17, 15) is 9.59 Å². The number of carbonyl (C=O) groups is 2. The molecule has 46 heavy (non-hydrogen) atoms. The van der Waals surface area contributed by atoms with Crippen molar-refractivity contribution in [2.45, 2.75) is 19.1 Å². The van der Waals surface area contributed by atoms with E-state index in [4.69, 9.17) is 25.8 Å². The first-order valence-electron chi connectivity index (χ1n) is 15.0. The maximum Gasteiger partial charge on any atom is 0.251 e. The number of hydrogen-bond acceptors (Lipinski definition) is 8. The van der Waals surface area contributed by atoms with Crippen LogP contribution in [0.1, 0.15) is 17.2 Å². The van der Waals surface area contributed by atoms with E-state index in [1.54, 1.807) is 39.9 Å². The summed E-state index contributed by atoms with van der Waals surface area (Å²) in [6, 6.07) is 26.6. The third kappa shape index (κ3) is 6.33. The summed E-state index contributed by atoms with van der Waals surface area (Å²) in [5.41, 5.74) is 4.41. The van der Waals surface area contributed by atoms with Crippen LogP contribution in [0.4, 0.5) is 11.4 Å². The molecule has 12 heteroatoms. The Morgan fingerprint density at radius 2 is 1.67 bits per heavy atom. The van der Waals surface area contributed by atoms with E-state index in [2.05, 4.69) is 20.5 Å². The van der Waals surface area contributed by atoms with Crippen molar-refractivity contribution in [3.63, 3.8) is 0 Å². The molecule has 0 saturated carbocycles. The van der Waals surface area contributed by atoms with Crippen LogP contribution in [-0.2, 0) is 27.4 Å². The molecule has 7 rings (SSSR count). The summed E-state index contributed by atoms with van der Waals surface area (Å²) >= 11 is 6.18. The zero-order chi connectivity index (χ0) is 31.5. The monoisotopic (exact) mass is 638 g/mol. The summed E-state index contributed by atoms with van der Waals surface area (Å²) in [6.07, 6.45) is 0. The van der Waals surface area contributed by atoms with E-state index in [1.165, 1.54) is 0 Å². The minimum Gasteiger partial charge on any atom is -0.454 e. The Morgan fingerprint density at radius 1 is 0.913 bits per heavy atom. The molecular weight excluding hydrogens is 608 g/mol. The van der Waals surface area contributed by atoms with Crippen molar-refractivity contribution < 1.29 is 23.8 Å². The van der Waals surface area contributed by atoms with Gasteiger partial charge < -0.3 is 29.3 Å². The minimum absolute atomic E-state index is 0.0813. The van der Waals surface area contributed by atoms with Crippen LogP contribution in [0, 0.1) is 0 Å². The molecule has 4 aromatic carbocycles. The van der Waals surface area contributed by atoms with Gasteiger partial charge in [-0.1, -0.05) is 47.1 Å². The van der Waals surface area contributed by atoms with Gasteiger partial charge in [-0.2, -0.15) is 0 Å². The molecule has 1 unspecified atom stereocenters. The number of fused-ring (bicyclic) bond motifs is 2. The Morgan fingerprint density at radius 3 is 2.48 bits per heavy atom. The summed E-state index contributed by atoms with van der Waals surface area (Å²) in [5, 5.41) is 12.1. The fourth-order valence-electron chi connectivity index (χ4n) is 5.71. The Hall–Kier alpha value is -5.13. The molecule has 0 spiro atoms.